The molecule has 1 saturated heterocycles. The molecule has 5 rings (SSSR count). The van der Waals surface area contributed by atoms with E-state index in [-0.39, 0.29) is 29.2 Å². The topological polar surface area (TPSA) is 67.2 Å². The van der Waals surface area contributed by atoms with Crippen molar-refractivity contribution in [2.24, 2.45) is 5.92 Å². The number of benzene rings is 2. The average molecular weight is 477 g/mol. The van der Waals surface area contributed by atoms with E-state index >= 15 is 0 Å². The average Bonchev–Trinajstić information content (AvgIpc) is 3.34. The first-order chi connectivity index (χ1) is 16.5. The highest BCUT2D eigenvalue weighted by Crippen LogP contribution is 2.27. The van der Waals surface area contributed by atoms with E-state index in [9.17, 15) is 14.0 Å². The largest absolute Gasteiger partial charge is 0.349 e. The van der Waals surface area contributed by atoms with Crippen LogP contribution in [-0.4, -0.2) is 28.5 Å². The molecule has 6 nitrogen and oxygen atoms in total. The molecular formula is C26H25FN4O2S. The maximum absolute atomic E-state index is 13.3. The Morgan fingerprint density at radius 2 is 1.79 bits per heavy atom. The van der Waals surface area contributed by atoms with Gasteiger partial charge in [-0.1, -0.05) is 30.3 Å². The molecule has 34 heavy (non-hydrogen) atoms. The molecule has 0 spiro atoms. The van der Waals surface area contributed by atoms with Crippen LogP contribution in [0.5, 0.6) is 0 Å². The molecule has 174 valence electrons. The summed E-state index contributed by atoms with van der Waals surface area (Å²) in [6, 6.07) is 17.4. The number of carbonyl (C=O) groups excluding carboxylic acids is 1. The predicted molar refractivity (Wildman–Crippen MR) is 133 cm³/mol. The minimum Gasteiger partial charge on any atom is -0.349 e. The lowest BCUT2D eigenvalue weighted by atomic mass is 9.95. The van der Waals surface area contributed by atoms with Crippen LogP contribution < -0.4 is 15.8 Å². The van der Waals surface area contributed by atoms with Gasteiger partial charge in [0.1, 0.15) is 10.5 Å². The van der Waals surface area contributed by atoms with Crippen LogP contribution in [0.25, 0.3) is 15.9 Å². The van der Waals surface area contributed by atoms with Crippen molar-refractivity contribution in [2.75, 3.05) is 18.0 Å². The maximum atomic E-state index is 13.3. The number of para-hydroxylation sites is 1. The van der Waals surface area contributed by atoms with Crippen LogP contribution in [0.3, 0.4) is 0 Å². The highest BCUT2D eigenvalue weighted by Gasteiger charge is 2.29. The molecule has 1 amide bonds. The number of amides is 1. The van der Waals surface area contributed by atoms with Gasteiger partial charge < -0.3 is 10.2 Å². The summed E-state index contributed by atoms with van der Waals surface area (Å²) in [6.07, 6.45) is 1.32. The predicted octanol–water partition coefficient (Wildman–Crippen LogP) is 4.68. The fourth-order valence-corrected chi connectivity index (χ4v) is 5.19. The first-order valence-electron chi connectivity index (χ1n) is 11.4. The quantitative estimate of drug-likeness (QED) is 0.454. The van der Waals surface area contributed by atoms with Crippen LogP contribution in [-0.2, 0) is 4.79 Å². The number of halogens is 1. The van der Waals surface area contributed by atoms with E-state index in [1.54, 1.807) is 16.7 Å². The van der Waals surface area contributed by atoms with Gasteiger partial charge in [-0.15, -0.1) is 11.3 Å². The van der Waals surface area contributed by atoms with Crippen LogP contribution >= 0.6 is 11.3 Å². The number of rotatable bonds is 5. The van der Waals surface area contributed by atoms with Crippen LogP contribution in [0.15, 0.2) is 70.8 Å². The minimum atomic E-state index is -0.294. The molecule has 2 aromatic heterocycles. The van der Waals surface area contributed by atoms with Gasteiger partial charge in [0.25, 0.3) is 5.56 Å². The van der Waals surface area contributed by atoms with Crippen molar-refractivity contribution in [2.45, 2.75) is 25.8 Å². The number of hydrogen-bond donors (Lipinski definition) is 1. The zero-order valence-electron chi connectivity index (χ0n) is 18.8. The van der Waals surface area contributed by atoms with Crippen LogP contribution in [0.2, 0.25) is 0 Å². The fraction of sp³-hybridized carbons (Fsp3) is 0.269. The summed E-state index contributed by atoms with van der Waals surface area (Å²) in [5.74, 6) is 0.192. The van der Waals surface area contributed by atoms with Gasteiger partial charge in [0.2, 0.25) is 11.9 Å². The Balaban J connectivity index is 1.34. The third-order valence-electron chi connectivity index (χ3n) is 6.35. The zero-order valence-corrected chi connectivity index (χ0v) is 19.6. The van der Waals surface area contributed by atoms with Crippen LogP contribution in [0.4, 0.5) is 10.3 Å². The summed E-state index contributed by atoms with van der Waals surface area (Å²) in [5.41, 5.74) is 2.27. The summed E-state index contributed by atoms with van der Waals surface area (Å²) in [5, 5.41) is 4.94. The second-order valence-electron chi connectivity index (χ2n) is 8.57. The molecule has 1 atom stereocenters. The molecule has 1 aliphatic rings. The van der Waals surface area contributed by atoms with Crippen LogP contribution in [0.1, 0.15) is 31.4 Å². The van der Waals surface area contributed by atoms with Crippen molar-refractivity contribution in [3.05, 3.63) is 87.8 Å². The second kappa shape index (κ2) is 9.38. The maximum Gasteiger partial charge on any atom is 0.277 e. The molecule has 0 bridgehead atoms. The monoisotopic (exact) mass is 476 g/mol. The number of fused-ring (bicyclic) bond motifs is 1. The summed E-state index contributed by atoms with van der Waals surface area (Å²) < 4.78 is 15.5. The fourth-order valence-electron chi connectivity index (χ4n) is 4.43. The van der Waals surface area contributed by atoms with Gasteiger partial charge >= 0.3 is 0 Å². The molecule has 1 unspecified atom stereocenters. The number of anilines is 1. The SMILES string of the molecule is CC(NC(=O)C1CCN(c2nc3ccsc3c(=O)n2-c2ccccc2)CC1)c1ccc(F)cc1. The number of aromatic nitrogens is 2. The lowest BCUT2D eigenvalue weighted by Crippen LogP contribution is -2.43. The number of nitrogens with one attached hydrogen (secondary N) is 1. The summed E-state index contributed by atoms with van der Waals surface area (Å²) >= 11 is 1.40. The molecule has 0 saturated carbocycles. The molecule has 1 fully saturated rings. The minimum absolute atomic E-state index is 0.00169. The molecule has 0 radical (unpaired) electrons. The molecule has 1 N–H and O–H groups in total. The van der Waals surface area contributed by atoms with Gasteiger partial charge in [-0.05, 0) is 61.0 Å². The third kappa shape index (κ3) is 4.33. The molecular weight excluding hydrogens is 451 g/mol. The summed E-state index contributed by atoms with van der Waals surface area (Å²) in [4.78, 5) is 33.1. The van der Waals surface area contributed by atoms with E-state index in [0.29, 0.717) is 42.1 Å². The Morgan fingerprint density at radius 1 is 1.09 bits per heavy atom. The van der Waals surface area contributed by atoms with Crippen molar-refractivity contribution in [1.29, 1.82) is 0 Å². The Bertz CT molecular complexity index is 1360. The first-order valence-corrected chi connectivity index (χ1v) is 12.3. The highest BCUT2D eigenvalue weighted by molar-refractivity contribution is 7.17. The Morgan fingerprint density at radius 3 is 2.50 bits per heavy atom. The third-order valence-corrected chi connectivity index (χ3v) is 7.25. The van der Waals surface area contributed by atoms with Gasteiger partial charge in [-0.2, -0.15) is 0 Å². The zero-order chi connectivity index (χ0) is 23.7. The van der Waals surface area contributed by atoms with Crippen molar-refractivity contribution in [1.82, 2.24) is 14.9 Å². The van der Waals surface area contributed by atoms with E-state index in [1.165, 1.54) is 23.5 Å². The van der Waals surface area contributed by atoms with E-state index in [1.807, 2.05) is 48.7 Å². The normalized spacial score (nSPS) is 15.4. The molecule has 4 aromatic rings. The van der Waals surface area contributed by atoms with Gasteiger partial charge in [-0.25, -0.2) is 13.9 Å². The van der Waals surface area contributed by atoms with E-state index in [2.05, 4.69) is 10.2 Å². The molecule has 1 aliphatic heterocycles. The van der Waals surface area contributed by atoms with E-state index in [0.717, 1.165) is 11.3 Å². The van der Waals surface area contributed by atoms with Gasteiger partial charge in [0.05, 0.1) is 17.2 Å². The van der Waals surface area contributed by atoms with E-state index < -0.39 is 0 Å². The van der Waals surface area contributed by atoms with Crippen LogP contribution in [0, 0.1) is 11.7 Å². The number of nitrogens with zero attached hydrogens (tertiary/aromatic N) is 3. The van der Waals surface area contributed by atoms with Crippen molar-refractivity contribution in [3.8, 4) is 5.69 Å². The Kier molecular flexibility index (Phi) is 6.15. The van der Waals surface area contributed by atoms with Crippen molar-refractivity contribution < 1.29 is 9.18 Å². The number of thiophene rings is 1. The number of hydrogen-bond acceptors (Lipinski definition) is 5. The van der Waals surface area contributed by atoms with Gasteiger partial charge in [0.15, 0.2) is 0 Å². The molecule has 8 heteroatoms. The molecule has 0 aliphatic carbocycles. The molecule has 2 aromatic carbocycles. The second-order valence-corrected chi connectivity index (χ2v) is 9.48. The summed E-state index contributed by atoms with van der Waals surface area (Å²) in [6.45, 7) is 3.15. The van der Waals surface area contributed by atoms with Crippen molar-refractivity contribution in [3.63, 3.8) is 0 Å². The lowest BCUT2D eigenvalue weighted by Gasteiger charge is -2.33. The lowest BCUT2D eigenvalue weighted by molar-refractivity contribution is -0.126. The van der Waals surface area contributed by atoms with E-state index in [4.69, 9.17) is 4.98 Å². The summed E-state index contributed by atoms with van der Waals surface area (Å²) in [7, 11) is 0. The van der Waals surface area contributed by atoms with Gasteiger partial charge in [0, 0.05) is 19.0 Å². The number of carbonyl (C=O) groups is 1. The first kappa shape index (κ1) is 22.3. The van der Waals surface area contributed by atoms with Crippen molar-refractivity contribution >= 4 is 33.4 Å². The Hall–Kier alpha value is -3.52. The standard InChI is InChI=1S/C26H25FN4O2S/c1-17(18-7-9-20(27)10-8-18)28-24(32)19-11-14-30(15-12-19)26-29-22-13-16-34-23(22)25(33)31(26)21-5-3-2-4-6-21/h2-10,13,16-17,19H,11-12,14-15H2,1H3,(H,28,32). The smallest absolute Gasteiger partial charge is 0.277 e. The van der Waals surface area contributed by atoms with Gasteiger partial charge in [-0.3, -0.25) is 9.59 Å². The number of piperidine rings is 1. The highest BCUT2D eigenvalue weighted by atomic mass is 32.1. The molecule has 3 heterocycles. The Labute approximate surface area is 200 Å².